The Morgan fingerprint density at radius 3 is 2.29 bits per heavy atom. The Bertz CT molecular complexity index is 1230. The summed E-state index contributed by atoms with van der Waals surface area (Å²) in [5.41, 5.74) is 4.39. The molecule has 154 valence electrons. The smallest absolute Gasteiger partial charge is 0.339 e. The van der Waals surface area contributed by atoms with Crippen LogP contribution in [-0.4, -0.2) is 22.8 Å². The number of carbonyl (C=O) groups excluding carboxylic acids is 2. The normalized spacial score (nSPS) is 11.8. The van der Waals surface area contributed by atoms with Gasteiger partial charge in [0.2, 0.25) is 5.78 Å². The number of esters is 1. The molecule has 0 bridgehead atoms. The highest BCUT2D eigenvalue weighted by Crippen LogP contribution is 2.26. The monoisotopic (exact) mass is 409 g/mol. The van der Waals surface area contributed by atoms with Crippen molar-refractivity contribution in [3.8, 4) is 11.3 Å². The summed E-state index contributed by atoms with van der Waals surface area (Å²) in [4.78, 5) is 30.8. The molecule has 4 nitrogen and oxygen atoms in total. The minimum atomic E-state index is -0.843. The zero-order chi connectivity index (χ0) is 21.8. The highest BCUT2D eigenvalue weighted by molar-refractivity contribution is 6.06. The van der Waals surface area contributed by atoms with Gasteiger partial charge in [0.15, 0.2) is 6.10 Å². The predicted molar refractivity (Wildman–Crippen MR) is 122 cm³/mol. The van der Waals surface area contributed by atoms with Crippen molar-refractivity contribution >= 4 is 22.7 Å². The Hall–Kier alpha value is -3.79. The van der Waals surface area contributed by atoms with Crippen LogP contribution >= 0.6 is 0 Å². The van der Waals surface area contributed by atoms with E-state index in [1.807, 2.05) is 68.4 Å². The first-order valence-corrected chi connectivity index (χ1v) is 10.3. The van der Waals surface area contributed by atoms with Crippen LogP contribution in [0.4, 0.5) is 0 Å². The number of fused-ring (bicyclic) bond motifs is 1. The average molecular weight is 409 g/mol. The molecule has 0 aliphatic heterocycles. The summed E-state index contributed by atoms with van der Waals surface area (Å²) in [6, 6.07) is 26.1. The number of nitrogens with zero attached hydrogens (tertiary/aromatic N) is 1. The van der Waals surface area contributed by atoms with Crippen LogP contribution in [0.25, 0.3) is 22.2 Å². The van der Waals surface area contributed by atoms with Gasteiger partial charge in [-0.3, -0.25) is 4.79 Å². The maximum absolute atomic E-state index is 13.2. The summed E-state index contributed by atoms with van der Waals surface area (Å²) in [5, 5.41) is 0.699. The molecule has 4 heteroatoms. The number of aromatic nitrogens is 1. The van der Waals surface area contributed by atoms with Gasteiger partial charge in [-0.15, -0.1) is 0 Å². The number of carbonyl (C=O) groups is 2. The van der Waals surface area contributed by atoms with Gasteiger partial charge in [-0.1, -0.05) is 85.3 Å². The number of hydrogen-bond donors (Lipinski definition) is 0. The molecule has 0 aliphatic carbocycles. The molecule has 0 saturated heterocycles. The lowest BCUT2D eigenvalue weighted by Gasteiger charge is -2.16. The molecule has 1 atom stereocenters. The second kappa shape index (κ2) is 8.92. The van der Waals surface area contributed by atoms with Gasteiger partial charge in [-0.25, -0.2) is 9.78 Å². The van der Waals surface area contributed by atoms with Gasteiger partial charge in [-0.2, -0.15) is 0 Å². The molecule has 1 aromatic heterocycles. The summed E-state index contributed by atoms with van der Waals surface area (Å²) in [6.07, 6.45) is -0.447. The number of ether oxygens (including phenoxy) is 1. The zero-order valence-corrected chi connectivity index (χ0v) is 17.5. The predicted octanol–water partition coefficient (Wildman–Crippen LogP) is 6.03. The van der Waals surface area contributed by atoms with Crippen LogP contribution in [0.1, 0.15) is 39.6 Å². The number of hydrogen-bond acceptors (Lipinski definition) is 4. The van der Waals surface area contributed by atoms with Crippen molar-refractivity contribution in [1.82, 2.24) is 4.98 Å². The van der Waals surface area contributed by atoms with E-state index in [2.05, 4.69) is 0 Å². The number of pyridine rings is 1. The fourth-order valence-electron chi connectivity index (χ4n) is 3.52. The maximum atomic E-state index is 13.2. The maximum Gasteiger partial charge on any atom is 0.339 e. The summed E-state index contributed by atoms with van der Waals surface area (Å²) < 4.78 is 5.70. The van der Waals surface area contributed by atoms with Gasteiger partial charge in [0, 0.05) is 16.5 Å². The van der Waals surface area contributed by atoms with Crippen molar-refractivity contribution in [2.45, 2.75) is 26.4 Å². The molecule has 4 rings (SSSR count). The standard InChI is InChI=1S/C27H23NO3/c1-3-25(26(29)20-9-5-4-6-10-20)31-27(30)22-17-24(19-15-13-18(2)14-16-19)28-23-12-8-7-11-21(22)23/h4-17,25H,3H2,1-2H3/t25-/m1/s1. The van der Waals surface area contributed by atoms with Crippen LogP contribution in [-0.2, 0) is 4.74 Å². The second-order valence-corrected chi connectivity index (χ2v) is 7.47. The highest BCUT2D eigenvalue weighted by Gasteiger charge is 2.24. The third-order valence-corrected chi connectivity index (χ3v) is 5.25. The van der Waals surface area contributed by atoms with Crippen LogP contribution < -0.4 is 0 Å². The number of Topliss-reactive ketones (excluding diaryl/α,β-unsaturated/α-hetero) is 1. The van der Waals surface area contributed by atoms with Crippen molar-refractivity contribution in [3.05, 3.63) is 102 Å². The third-order valence-electron chi connectivity index (χ3n) is 5.25. The zero-order valence-electron chi connectivity index (χ0n) is 17.5. The van der Waals surface area contributed by atoms with Crippen LogP contribution in [0.2, 0.25) is 0 Å². The van der Waals surface area contributed by atoms with E-state index in [4.69, 9.17) is 9.72 Å². The fourth-order valence-corrected chi connectivity index (χ4v) is 3.52. The quantitative estimate of drug-likeness (QED) is 0.288. The molecule has 1 heterocycles. The lowest BCUT2D eigenvalue weighted by atomic mass is 10.0. The number of benzene rings is 3. The van der Waals surface area contributed by atoms with Crippen LogP contribution in [0.15, 0.2) is 84.9 Å². The van der Waals surface area contributed by atoms with E-state index in [1.54, 1.807) is 30.3 Å². The van der Waals surface area contributed by atoms with Gasteiger partial charge in [0.25, 0.3) is 0 Å². The van der Waals surface area contributed by atoms with Crippen molar-refractivity contribution in [2.75, 3.05) is 0 Å². The van der Waals surface area contributed by atoms with E-state index in [0.717, 1.165) is 11.1 Å². The van der Waals surface area contributed by atoms with E-state index in [1.165, 1.54) is 0 Å². The van der Waals surface area contributed by atoms with Gasteiger partial charge in [0.05, 0.1) is 16.8 Å². The Morgan fingerprint density at radius 1 is 0.903 bits per heavy atom. The molecule has 0 N–H and O–H groups in total. The Morgan fingerprint density at radius 2 is 1.58 bits per heavy atom. The molecule has 0 saturated carbocycles. The van der Waals surface area contributed by atoms with E-state index in [0.29, 0.717) is 34.1 Å². The van der Waals surface area contributed by atoms with Gasteiger partial charge < -0.3 is 4.74 Å². The Labute approximate surface area is 181 Å². The molecule has 0 aliphatic rings. The Kier molecular flexibility index (Phi) is 5.89. The van der Waals surface area contributed by atoms with Crippen molar-refractivity contribution in [2.24, 2.45) is 0 Å². The number of aryl methyl sites for hydroxylation is 1. The highest BCUT2D eigenvalue weighted by atomic mass is 16.5. The first-order valence-electron chi connectivity index (χ1n) is 10.3. The second-order valence-electron chi connectivity index (χ2n) is 7.47. The number of para-hydroxylation sites is 1. The minimum absolute atomic E-state index is 0.200. The van der Waals surface area contributed by atoms with Gasteiger partial charge in [-0.05, 0) is 25.5 Å². The van der Waals surface area contributed by atoms with E-state index >= 15 is 0 Å². The van der Waals surface area contributed by atoms with Crippen molar-refractivity contribution in [3.63, 3.8) is 0 Å². The molecule has 3 aromatic carbocycles. The summed E-state index contributed by atoms with van der Waals surface area (Å²) in [7, 11) is 0. The molecular weight excluding hydrogens is 386 g/mol. The summed E-state index contributed by atoms with van der Waals surface area (Å²) in [5.74, 6) is -0.725. The average Bonchev–Trinajstić information content (AvgIpc) is 2.82. The van der Waals surface area contributed by atoms with Crippen LogP contribution in [0.5, 0.6) is 0 Å². The van der Waals surface area contributed by atoms with E-state index in [9.17, 15) is 9.59 Å². The molecule has 0 radical (unpaired) electrons. The van der Waals surface area contributed by atoms with Crippen molar-refractivity contribution in [1.29, 1.82) is 0 Å². The van der Waals surface area contributed by atoms with Crippen LogP contribution in [0.3, 0.4) is 0 Å². The SMILES string of the molecule is CC[C@@H](OC(=O)c1cc(-c2ccc(C)cc2)nc2ccccc12)C(=O)c1ccccc1. The first-order chi connectivity index (χ1) is 15.1. The van der Waals surface area contributed by atoms with Crippen LogP contribution in [0, 0.1) is 6.92 Å². The lowest BCUT2D eigenvalue weighted by molar-refractivity contribution is 0.0279. The topological polar surface area (TPSA) is 56.3 Å². The largest absolute Gasteiger partial charge is 0.450 e. The molecule has 0 fully saturated rings. The molecular formula is C27H23NO3. The fraction of sp³-hybridized carbons (Fsp3) is 0.148. The van der Waals surface area contributed by atoms with Gasteiger partial charge in [0.1, 0.15) is 0 Å². The lowest BCUT2D eigenvalue weighted by Crippen LogP contribution is -2.27. The van der Waals surface area contributed by atoms with Gasteiger partial charge >= 0.3 is 5.97 Å². The summed E-state index contributed by atoms with van der Waals surface area (Å²) >= 11 is 0. The molecule has 0 unspecified atom stereocenters. The summed E-state index contributed by atoms with van der Waals surface area (Å²) in [6.45, 7) is 3.86. The first kappa shape index (κ1) is 20.5. The van der Waals surface area contributed by atoms with Crippen molar-refractivity contribution < 1.29 is 14.3 Å². The molecule has 4 aromatic rings. The molecule has 0 spiro atoms. The third kappa shape index (κ3) is 4.38. The number of ketones is 1. The molecule has 31 heavy (non-hydrogen) atoms. The Balaban J connectivity index is 1.71. The minimum Gasteiger partial charge on any atom is -0.450 e. The molecule has 0 amide bonds. The number of rotatable bonds is 6. The van der Waals surface area contributed by atoms with E-state index < -0.39 is 12.1 Å². The van der Waals surface area contributed by atoms with E-state index in [-0.39, 0.29) is 5.78 Å².